The molecule has 0 aliphatic carbocycles. The van der Waals surface area contributed by atoms with Crippen molar-refractivity contribution >= 4 is 6.09 Å². The summed E-state index contributed by atoms with van der Waals surface area (Å²) in [4.78, 5) is 19.8. The number of aromatic nitrogens is 1. The first-order valence-electron chi connectivity index (χ1n) is 8.57. The minimum Gasteiger partial charge on any atom is -0.444 e. The van der Waals surface area contributed by atoms with E-state index in [1.54, 1.807) is 0 Å². The van der Waals surface area contributed by atoms with Gasteiger partial charge in [0.05, 0.1) is 0 Å². The second-order valence-electron chi connectivity index (χ2n) is 7.68. The number of piperidine rings is 1. The molecule has 5 heteroatoms. The van der Waals surface area contributed by atoms with E-state index in [2.05, 4.69) is 29.9 Å². The molecule has 1 aromatic rings. The van der Waals surface area contributed by atoms with Crippen molar-refractivity contribution in [2.45, 2.75) is 52.2 Å². The van der Waals surface area contributed by atoms with E-state index in [1.165, 1.54) is 12.1 Å². The zero-order valence-corrected chi connectivity index (χ0v) is 15.1. The number of likely N-dealkylation sites (tertiary alicyclic amines) is 1. The van der Waals surface area contributed by atoms with Gasteiger partial charge in [-0.2, -0.15) is 0 Å². The monoisotopic (exact) mass is 321 g/mol. The average Bonchev–Trinajstić information content (AvgIpc) is 2.99. The zero-order chi connectivity index (χ0) is 17.0. The maximum absolute atomic E-state index is 12.3. The number of H-pyrrole nitrogens is 1. The van der Waals surface area contributed by atoms with Crippen molar-refractivity contribution in [2.24, 2.45) is 5.92 Å². The van der Waals surface area contributed by atoms with Crippen LogP contribution in [0.2, 0.25) is 0 Å². The SMILES string of the molecule is CC(c1ccc[nH]1)N(C)CC1CCCN(C(=O)OC(C)(C)C)C1. The van der Waals surface area contributed by atoms with Crippen molar-refractivity contribution in [2.75, 3.05) is 26.7 Å². The van der Waals surface area contributed by atoms with Crippen LogP contribution in [0.25, 0.3) is 0 Å². The molecule has 5 nitrogen and oxygen atoms in total. The number of aromatic amines is 1. The highest BCUT2D eigenvalue weighted by molar-refractivity contribution is 5.68. The molecule has 1 aliphatic heterocycles. The van der Waals surface area contributed by atoms with Crippen LogP contribution in [0.5, 0.6) is 0 Å². The van der Waals surface area contributed by atoms with Gasteiger partial charge in [-0.25, -0.2) is 4.79 Å². The quantitative estimate of drug-likeness (QED) is 0.921. The van der Waals surface area contributed by atoms with Crippen LogP contribution in [0, 0.1) is 5.92 Å². The van der Waals surface area contributed by atoms with E-state index in [9.17, 15) is 4.79 Å². The van der Waals surface area contributed by atoms with Gasteiger partial charge < -0.3 is 14.6 Å². The second-order valence-corrected chi connectivity index (χ2v) is 7.68. The number of nitrogens with one attached hydrogen (secondary N) is 1. The van der Waals surface area contributed by atoms with Crippen molar-refractivity contribution in [3.63, 3.8) is 0 Å². The largest absolute Gasteiger partial charge is 0.444 e. The predicted molar refractivity (Wildman–Crippen MR) is 92.4 cm³/mol. The number of carbonyl (C=O) groups is 1. The lowest BCUT2D eigenvalue weighted by atomic mass is 9.97. The van der Waals surface area contributed by atoms with Crippen molar-refractivity contribution in [3.05, 3.63) is 24.0 Å². The minimum atomic E-state index is -0.428. The summed E-state index contributed by atoms with van der Waals surface area (Å²) in [6.45, 7) is 10.5. The molecule has 1 amide bonds. The van der Waals surface area contributed by atoms with Crippen molar-refractivity contribution in [3.8, 4) is 0 Å². The fraction of sp³-hybridized carbons (Fsp3) is 0.722. The molecule has 1 fully saturated rings. The molecular formula is C18H31N3O2. The molecule has 1 saturated heterocycles. The van der Waals surface area contributed by atoms with E-state index >= 15 is 0 Å². The van der Waals surface area contributed by atoms with E-state index in [4.69, 9.17) is 4.74 Å². The van der Waals surface area contributed by atoms with Gasteiger partial charge in [-0.15, -0.1) is 0 Å². The number of rotatable bonds is 4. The first-order valence-corrected chi connectivity index (χ1v) is 8.57. The Bertz CT molecular complexity index is 493. The Labute approximate surface area is 140 Å². The predicted octanol–water partition coefficient (Wildman–Crippen LogP) is 3.65. The van der Waals surface area contributed by atoms with Gasteiger partial charge in [0.1, 0.15) is 5.60 Å². The summed E-state index contributed by atoms with van der Waals surface area (Å²) < 4.78 is 5.51. The lowest BCUT2D eigenvalue weighted by Crippen LogP contribution is -2.45. The van der Waals surface area contributed by atoms with E-state index in [1.807, 2.05) is 37.9 Å². The highest BCUT2D eigenvalue weighted by Gasteiger charge is 2.28. The smallest absolute Gasteiger partial charge is 0.410 e. The first-order chi connectivity index (χ1) is 10.8. The van der Waals surface area contributed by atoms with Crippen LogP contribution in [0.1, 0.15) is 52.3 Å². The standard InChI is InChI=1S/C18H31N3O2/c1-14(16-9-6-10-19-16)20(5)12-15-8-7-11-21(13-15)17(22)23-18(2,3)4/h6,9-10,14-15,19H,7-8,11-13H2,1-5H3. The molecule has 2 unspecified atom stereocenters. The summed E-state index contributed by atoms with van der Waals surface area (Å²) >= 11 is 0. The third kappa shape index (κ3) is 5.27. The lowest BCUT2D eigenvalue weighted by Gasteiger charge is -2.36. The Balaban J connectivity index is 1.87. The van der Waals surface area contributed by atoms with Gasteiger partial charge in [0.15, 0.2) is 0 Å². The van der Waals surface area contributed by atoms with Crippen LogP contribution < -0.4 is 0 Å². The van der Waals surface area contributed by atoms with Crippen LogP contribution in [0.15, 0.2) is 18.3 Å². The maximum Gasteiger partial charge on any atom is 0.410 e. The normalized spacial score (nSPS) is 20.6. The number of ether oxygens (including phenoxy) is 1. The molecule has 2 rings (SSSR count). The first kappa shape index (κ1) is 17.9. The van der Waals surface area contributed by atoms with Crippen LogP contribution in [0.4, 0.5) is 4.79 Å². The summed E-state index contributed by atoms with van der Waals surface area (Å²) in [6.07, 6.45) is 4.00. The summed E-state index contributed by atoms with van der Waals surface area (Å²) in [5, 5.41) is 0. The van der Waals surface area contributed by atoms with E-state index in [0.717, 1.165) is 26.1 Å². The number of hydrogen-bond acceptors (Lipinski definition) is 3. The summed E-state index contributed by atoms with van der Waals surface area (Å²) in [5.41, 5.74) is 0.801. The molecule has 130 valence electrons. The van der Waals surface area contributed by atoms with Gasteiger partial charge in [0.2, 0.25) is 0 Å². The van der Waals surface area contributed by atoms with Gasteiger partial charge in [-0.3, -0.25) is 4.90 Å². The van der Waals surface area contributed by atoms with Crippen molar-refractivity contribution in [1.29, 1.82) is 0 Å². The number of hydrogen-bond donors (Lipinski definition) is 1. The van der Waals surface area contributed by atoms with Crippen molar-refractivity contribution in [1.82, 2.24) is 14.8 Å². The Kier molecular flexibility index (Phi) is 5.74. The summed E-state index contributed by atoms with van der Waals surface area (Å²) in [5.74, 6) is 0.499. The maximum atomic E-state index is 12.3. The second kappa shape index (κ2) is 7.39. The van der Waals surface area contributed by atoms with Crippen LogP contribution in [-0.2, 0) is 4.74 Å². The summed E-state index contributed by atoms with van der Waals surface area (Å²) in [6, 6.07) is 4.50. The Morgan fingerprint density at radius 3 is 2.87 bits per heavy atom. The Hall–Kier alpha value is -1.49. The molecule has 2 heterocycles. The molecule has 0 saturated carbocycles. The van der Waals surface area contributed by atoms with Crippen LogP contribution in [-0.4, -0.2) is 53.2 Å². The molecule has 23 heavy (non-hydrogen) atoms. The third-order valence-electron chi connectivity index (χ3n) is 4.45. The molecule has 1 aliphatic rings. The van der Waals surface area contributed by atoms with E-state index in [0.29, 0.717) is 12.0 Å². The fourth-order valence-electron chi connectivity index (χ4n) is 3.11. The van der Waals surface area contributed by atoms with Gasteiger partial charge in [-0.1, -0.05) is 0 Å². The minimum absolute atomic E-state index is 0.178. The summed E-state index contributed by atoms with van der Waals surface area (Å²) in [7, 11) is 2.15. The van der Waals surface area contributed by atoms with Crippen LogP contribution >= 0.6 is 0 Å². The van der Waals surface area contributed by atoms with Gasteiger partial charge in [-0.05, 0) is 65.6 Å². The van der Waals surface area contributed by atoms with Gasteiger partial charge >= 0.3 is 6.09 Å². The molecule has 0 aromatic carbocycles. The van der Waals surface area contributed by atoms with Gasteiger partial charge in [0, 0.05) is 37.6 Å². The molecular weight excluding hydrogens is 290 g/mol. The Morgan fingerprint density at radius 1 is 1.52 bits per heavy atom. The average molecular weight is 321 g/mol. The molecule has 1 N–H and O–H groups in total. The van der Waals surface area contributed by atoms with Crippen molar-refractivity contribution < 1.29 is 9.53 Å². The van der Waals surface area contributed by atoms with Crippen LogP contribution in [0.3, 0.4) is 0 Å². The topological polar surface area (TPSA) is 48.6 Å². The lowest BCUT2D eigenvalue weighted by molar-refractivity contribution is 0.0142. The number of carbonyl (C=O) groups excluding carboxylic acids is 1. The molecule has 2 atom stereocenters. The highest BCUT2D eigenvalue weighted by Crippen LogP contribution is 2.23. The zero-order valence-electron chi connectivity index (χ0n) is 15.1. The van der Waals surface area contributed by atoms with E-state index in [-0.39, 0.29) is 6.09 Å². The molecule has 0 radical (unpaired) electrons. The molecule has 0 spiro atoms. The van der Waals surface area contributed by atoms with Gasteiger partial charge in [0.25, 0.3) is 0 Å². The number of nitrogens with zero attached hydrogens (tertiary/aromatic N) is 2. The third-order valence-corrected chi connectivity index (χ3v) is 4.45. The fourth-order valence-corrected chi connectivity index (χ4v) is 3.11. The molecule has 0 bridgehead atoms. The highest BCUT2D eigenvalue weighted by atomic mass is 16.6. The number of amides is 1. The Morgan fingerprint density at radius 2 is 2.26 bits per heavy atom. The molecule has 1 aromatic heterocycles. The van der Waals surface area contributed by atoms with E-state index < -0.39 is 5.60 Å².